The van der Waals surface area contributed by atoms with Gasteiger partial charge in [0.1, 0.15) is 0 Å². The van der Waals surface area contributed by atoms with Gasteiger partial charge in [-0.2, -0.15) is 0 Å². The number of nitrogens with two attached hydrogens (primary N) is 1. The molecule has 90 valence electrons. The molecule has 0 amide bonds. The van der Waals surface area contributed by atoms with Crippen LogP contribution in [0.5, 0.6) is 0 Å². The average molecular weight is 224 g/mol. The van der Waals surface area contributed by atoms with E-state index in [1.54, 1.807) is 0 Å². The fourth-order valence-corrected chi connectivity index (χ4v) is 1.22. The number of aromatic nitrogens is 1. The predicted molar refractivity (Wildman–Crippen MR) is 62.9 cm³/mol. The van der Waals surface area contributed by atoms with Crippen molar-refractivity contribution in [1.29, 1.82) is 0 Å². The third kappa shape index (κ3) is 5.21. The predicted octanol–water partition coefficient (Wildman–Crippen LogP) is 1.48. The summed E-state index contributed by atoms with van der Waals surface area (Å²) < 4.78 is 10.7. The van der Waals surface area contributed by atoms with E-state index in [9.17, 15) is 0 Å². The molecule has 1 aromatic rings. The molecular formula is C12H20N2O2. The number of pyridine rings is 1. The van der Waals surface area contributed by atoms with Crippen molar-refractivity contribution in [2.75, 3.05) is 19.8 Å². The van der Waals surface area contributed by atoms with Crippen molar-refractivity contribution in [3.05, 3.63) is 29.6 Å². The second-order valence-corrected chi connectivity index (χ2v) is 3.55. The fourth-order valence-electron chi connectivity index (χ4n) is 1.22. The highest BCUT2D eigenvalue weighted by molar-refractivity contribution is 5.12. The van der Waals surface area contributed by atoms with E-state index in [-0.39, 0.29) is 0 Å². The van der Waals surface area contributed by atoms with E-state index in [1.807, 2.05) is 18.3 Å². The molecule has 0 aromatic carbocycles. The van der Waals surface area contributed by atoms with E-state index in [0.29, 0.717) is 26.4 Å². The van der Waals surface area contributed by atoms with Crippen molar-refractivity contribution in [3.63, 3.8) is 0 Å². The number of hydrogen-bond donors (Lipinski definition) is 1. The lowest BCUT2D eigenvalue weighted by Crippen LogP contribution is -2.08. The Hall–Kier alpha value is -0.970. The third-order valence-corrected chi connectivity index (χ3v) is 2.02. The molecule has 1 heterocycles. The molecule has 0 radical (unpaired) electrons. The van der Waals surface area contributed by atoms with Gasteiger partial charge in [-0.25, -0.2) is 0 Å². The Morgan fingerprint density at radius 3 is 2.62 bits per heavy atom. The normalized spacial score (nSPS) is 10.6. The van der Waals surface area contributed by atoms with Gasteiger partial charge in [-0.05, 0) is 18.1 Å². The molecule has 0 saturated heterocycles. The summed E-state index contributed by atoms with van der Waals surface area (Å²) in [4.78, 5) is 4.28. The van der Waals surface area contributed by atoms with Gasteiger partial charge in [-0.1, -0.05) is 13.0 Å². The summed E-state index contributed by atoms with van der Waals surface area (Å²) >= 11 is 0. The van der Waals surface area contributed by atoms with Crippen LogP contribution in [0.3, 0.4) is 0 Å². The lowest BCUT2D eigenvalue weighted by molar-refractivity contribution is 0.120. The van der Waals surface area contributed by atoms with Gasteiger partial charge in [0.05, 0.1) is 25.5 Å². The van der Waals surface area contributed by atoms with Crippen LogP contribution in [-0.4, -0.2) is 24.7 Å². The summed E-state index contributed by atoms with van der Waals surface area (Å²) in [5.74, 6) is 0. The van der Waals surface area contributed by atoms with E-state index < -0.39 is 0 Å². The van der Waals surface area contributed by atoms with Gasteiger partial charge < -0.3 is 15.2 Å². The highest BCUT2D eigenvalue weighted by atomic mass is 16.5. The first-order valence-electron chi connectivity index (χ1n) is 5.66. The molecule has 0 atom stereocenters. The minimum atomic E-state index is 0.521. The molecule has 0 unspecified atom stereocenters. The lowest BCUT2D eigenvalue weighted by Gasteiger charge is -2.04. The first-order chi connectivity index (χ1) is 7.86. The number of rotatable bonds is 8. The average Bonchev–Trinajstić information content (AvgIpc) is 2.32. The SMILES string of the molecule is CCCOCc1ccc(COCCN)nc1. The number of ether oxygens (including phenoxy) is 2. The summed E-state index contributed by atoms with van der Waals surface area (Å²) in [6.07, 6.45) is 2.87. The Morgan fingerprint density at radius 2 is 2.00 bits per heavy atom. The summed E-state index contributed by atoms with van der Waals surface area (Å²) in [7, 11) is 0. The molecule has 2 N–H and O–H groups in total. The van der Waals surface area contributed by atoms with Crippen molar-refractivity contribution in [1.82, 2.24) is 4.98 Å². The maximum Gasteiger partial charge on any atom is 0.0888 e. The molecule has 16 heavy (non-hydrogen) atoms. The molecule has 4 heteroatoms. The van der Waals surface area contributed by atoms with Crippen molar-refractivity contribution in [2.45, 2.75) is 26.6 Å². The van der Waals surface area contributed by atoms with E-state index >= 15 is 0 Å². The van der Waals surface area contributed by atoms with Crippen LogP contribution in [0.1, 0.15) is 24.6 Å². The highest BCUT2D eigenvalue weighted by Crippen LogP contribution is 2.03. The second-order valence-electron chi connectivity index (χ2n) is 3.55. The van der Waals surface area contributed by atoms with Crippen molar-refractivity contribution in [3.8, 4) is 0 Å². The van der Waals surface area contributed by atoms with E-state index in [4.69, 9.17) is 15.2 Å². The Balaban J connectivity index is 2.30. The van der Waals surface area contributed by atoms with Crippen LogP contribution in [0, 0.1) is 0 Å². The largest absolute Gasteiger partial charge is 0.377 e. The Kier molecular flexibility index (Phi) is 6.72. The van der Waals surface area contributed by atoms with Gasteiger partial charge in [0.2, 0.25) is 0 Å². The van der Waals surface area contributed by atoms with Crippen LogP contribution in [-0.2, 0) is 22.7 Å². The maximum atomic E-state index is 5.42. The molecule has 0 aliphatic heterocycles. The number of hydrogen-bond acceptors (Lipinski definition) is 4. The third-order valence-electron chi connectivity index (χ3n) is 2.02. The van der Waals surface area contributed by atoms with Gasteiger partial charge in [-0.3, -0.25) is 4.98 Å². The Morgan fingerprint density at radius 1 is 1.19 bits per heavy atom. The van der Waals surface area contributed by atoms with Crippen LogP contribution >= 0.6 is 0 Å². The van der Waals surface area contributed by atoms with Crippen LogP contribution in [0.25, 0.3) is 0 Å². The van der Waals surface area contributed by atoms with Crippen LogP contribution in [0.15, 0.2) is 18.3 Å². The van der Waals surface area contributed by atoms with Crippen molar-refractivity contribution >= 4 is 0 Å². The minimum absolute atomic E-state index is 0.521. The molecule has 0 spiro atoms. The summed E-state index contributed by atoms with van der Waals surface area (Å²) in [6.45, 7) is 5.15. The van der Waals surface area contributed by atoms with Crippen molar-refractivity contribution in [2.24, 2.45) is 5.73 Å². The summed E-state index contributed by atoms with van der Waals surface area (Å²) in [5, 5.41) is 0. The molecule has 0 bridgehead atoms. The zero-order valence-corrected chi connectivity index (χ0v) is 9.82. The zero-order chi connectivity index (χ0) is 11.6. The molecule has 0 saturated carbocycles. The first-order valence-corrected chi connectivity index (χ1v) is 5.66. The topological polar surface area (TPSA) is 57.4 Å². The quantitative estimate of drug-likeness (QED) is 0.680. The van der Waals surface area contributed by atoms with Gasteiger partial charge in [0, 0.05) is 19.3 Å². The lowest BCUT2D eigenvalue weighted by atomic mass is 10.2. The van der Waals surface area contributed by atoms with Gasteiger partial charge in [-0.15, -0.1) is 0 Å². The van der Waals surface area contributed by atoms with Crippen LogP contribution in [0.4, 0.5) is 0 Å². The molecule has 0 fully saturated rings. The second kappa shape index (κ2) is 8.21. The highest BCUT2D eigenvalue weighted by Gasteiger charge is 1.96. The van der Waals surface area contributed by atoms with E-state index in [1.165, 1.54) is 0 Å². The van der Waals surface area contributed by atoms with E-state index in [0.717, 1.165) is 24.3 Å². The Bertz CT molecular complexity index is 246. The van der Waals surface area contributed by atoms with Gasteiger partial charge in [0.25, 0.3) is 0 Å². The monoisotopic (exact) mass is 224 g/mol. The first kappa shape index (κ1) is 13.1. The van der Waals surface area contributed by atoms with Crippen LogP contribution in [0.2, 0.25) is 0 Å². The zero-order valence-electron chi connectivity index (χ0n) is 9.82. The minimum Gasteiger partial charge on any atom is -0.377 e. The van der Waals surface area contributed by atoms with Crippen LogP contribution < -0.4 is 5.73 Å². The fraction of sp³-hybridized carbons (Fsp3) is 0.583. The maximum absolute atomic E-state index is 5.42. The standard InChI is InChI=1S/C12H20N2O2/c1-2-6-15-9-11-3-4-12(14-8-11)10-16-7-5-13/h3-4,8H,2,5-7,9-10,13H2,1H3. The molecular weight excluding hydrogens is 204 g/mol. The molecule has 0 aliphatic carbocycles. The van der Waals surface area contributed by atoms with E-state index in [2.05, 4.69) is 11.9 Å². The molecule has 1 rings (SSSR count). The Labute approximate surface area is 96.8 Å². The molecule has 1 aromatic heterocycles. The number of nitrogens with zero attached hydrogens (tertiary/aromatic N) is 1. The van der Waals surface area contributed by atoms with Gasteiger partial charge in [0.15, 0.2) is 0 Å². The summed E-state index contributed by atoms with van der Waals surface area (Å²) in [6, 6.07) is 3.98. The van der Waals surface area contributed by atoms with Crippen molar-refractivity contribution < 1.29 is 9.47 Å². The smallest absolute Gasteiger partial charge is 0.0888 e. The molecule has 4 nitrogen and oxygen atoms in total. The van der Waals surface area contributed by atoms with Gasteiger partial charge >= 0.3 is 0 Å². The molecule has 0 aliphatic rings. The summed E-state index contributed by atoms with van der Waals surface area (Å²) in [5.41, 5.74) is 7.34.